The molecule has 2 amide bonds. The van der Waals surface area contributed by atoms with Crippen molar-refractivity contribution >= 4 is 45.5 Å². The van der Waals surface area contributed by atoms with E-state index in [1.165, 1.54) is 48.5 Å². The zero-order chi connectivity index (χ0) is 34.2. The number of nitrogens with two attached hydrogens (primary N) is 1. The highest BCUT2D eigenvalue weighted by Crippen LogP contribution is 2.33. The molecule has 0 aliphatic rings. The average Bonchev–Trinajstić information content (AvgIpc) is 3.38. The van der Waals surface area contributed by atoms with Gasteiger partial charge in [0.2, 0.25) is 11.9 Å². The van der Waals surface area contributed by atoms with E-state index >= 15 is 0 Å². The number of hydrogen-bond donors (Lipinski definition) is 5. The highest BCUT2D eigenvalue weighted by Gasteiger charge is 2.30. The van der Waals surface area contributed by atoms with Gasteiger partial charge in [-0.05, 0) is 60.5 Å². The predicted molar refractivity (Wildman–Crippen MR) is 171 cm³/mol. The van der Waals surface area contributed by atoms with Crippen LogP contribution in [-0.4, -0.2) is 38.1 Å². The Morgan fingerprint density at radius 3 is 2.42 bits per heavy atom. The molecular formula is C34H26F3N5O6. The number of imidazole rings is 1. The van der Waals surface area contributed by atoms with E-state index in [4.69, 9.17) is 10.2 Å². The van der Waals surface area contributed by atoms with Gasteiger partial charge in [0.05, 0.1) is 28.5 Å². The highest BCUT2D eigenvalue weighted by atomic mass is 19.4. The van der Waals surface area contributed by atoms with Crippen molar-refractivity contribution in [1.82, 2.24) is 14.9 Å². The number of benzene rings is 4. The van der Waals surface area contributed by atoms with Gasteiger partial charge in [-0.1, -0.05) is 24.3 Å². The molecule has 6 aromatic rings. The summed E-state index contributed by atoms with van der Waals surface area (Å²) in [5.74, 6) is -1.37. The minimum absolute atomic E-state index is 0.136. The van der Waals surface area contributed by atoms with Gasteiger partial charge in [-0.15, -0.1) is 0 Å². The molecule has 0 aliphatic carbocycles. The number of aryl methyl sites for hydroxylation is 2. The number of phenols is 2. The molecule has 0 saturated carbocycles. The zero-order valence-corrected chi connectivity index (χ0v) is 24.8. The van der Waals surface area contributed by atoms with Gasteiger partial charge >= 0.3 is 6.18 Å². The van der Waals surface area contributed by atoms with Crippen molar-refractivity contribution in [1.29, 1.82) is 0 Å². The number of rotatable bonds is 9. The lowest BCUT2D eigenvalue weighted by molar-refractivity contribution is -0.137. The minimum atomic E-state index is -4.56. The Bertz CT molecular complexity index is 2260. The van der Waals surface area contributed by atoms with E-state index in [-0.39, 0.29) is 63.9 Å². The molecule has 0 saturated heterocycles. The molecule has 11 nitrogen and oxygen atoms in total. The van der Waals surface area contributed by atoms with Crippen LogP contribution in [0, 0.1) is 0 Å². The lowest BCUT2D eigenvalue weighted by Gasteiger charge is -2.13. The molecule has 2 aromatic heterocycles. The van der Waals surface area contributed by atoms with Crippen LogP contribution in [0.3, 0.4) is 0 Å². The molecule has 0 radical (unpaired) electrons. The summed E-state index contributed by atoms with van der Waals surface area (Å²) in [4.78, 5) is 41.1. The first-order chi connectivity index (χ1) is 22.9. The smallest absolute Gasteiger partial charge is 0.416 e. The summed E-state index contributed by atoms with van der Waals surface area (Å²) in [5.41, 5.74) is 6.49. The lowest BCUT2D eigenvalue weighted by Crippen LogP contribution is -2.33. The Morgan fingerprint density at radius 1 is 0.938 bits per heavy atom. The van der Waals surface area contributed by atoms with Crippen molar-refractivity contribution in [2.75, 3.05) is 11.9 Å². The molecule has 0 atom stereocenters. The lowest BCUT2D eigenvalue weighted by atomic mass is 10.1. The van der Waals surface area contributed by atoms with Crippen molar-refractivity contribution in [2.24, 2.45) is 5.73 Å². The second kappa shape index (κ2) is 12.5. The van der Waals surface area contributed by atoms with Crippen LogP contribution in [0.5, 0.6) is 11.5 Å². The van der Waals surface area contributed by atoms with Crippen molar-refractivity contribution in [2.45, 2.75) is 19.1 Å². The zero-order valence-electron chi connectivity index (χ0n) is 24.8. The maximum absolute atomic E-state index is 13.4. The van der Waals surface area contributed by atoms with Crippen LogP contribution >= 0.6 is 0 Å². The fourth-order valence-corrected chi connectivity index (χ4v) is 5.16. The first kappa shape index (κ1) is 31.7. The Morgan fingerprint density at radius 2 is 1.71 bits per heavy atom. The molecule has 14 heteroatoms. The number of alkyl halides is 3. The molecule has 0 unspecified atom stereocenters. The Kier molecular flexibility index (Phi) is 8.23. The molecular weight excluding hydrogens is 631 g/mol. The normalized spacial score (nSPS) is 11.6. The van der Waals surface area contributed by atoms with E-state index < -0.39 is 23.6 Å². The molecule has 0 spiro atoms. The van der Waals surface area contributed by atoms with Gasteiger partial charge < -0.3 is 35.6 Å². The van der Waals surface area contributed by atoms with Gasteiger partial charge in [-0.2, -0.15) is 13.2 Å². The third-order valence-electron chi connectivity index (χ3n) is 7.56. The number of nitrogens with one attached hydrogen (secondary N) is 2. The Balaban J connectivity index is 1.40. The number of amides is 2. The van der Waals surface area contributed by atoms with E-state index in [1.54, 1.807) is 28.8 Å². The van der Waals surface area contributed by atoms with Crippen LogP contribution in [0.15, 0.2) is 94.1 Å². The number of phenolic OH excluding ortho intramolecular Hbond substituents is 2. The second-order valence-corrected chi connectivity index (χ2v) is 10.9. The summed E-state index contributed by atoms with van der Waals surface area (Å²) in [6, 6.07) is 19.6. The van der Waals surface area contributed by atoms with E-state index in [0.29, 0.717) is 28.6 Å². The summed E-state index contributed by atoms with van der Waals surface area (Å²) < 4.78 is 48.1. The molecule has 0 aliphatic heterocycles. The highest BCUT2D eigenvalue weighted by molar-refractivity contribution is 5.97. The summed E-state index contributed by atoms with van der Waals surface area (Å²) in [6.45, 7) is -0.0868. The molecule has 6 rings (SSSR count). The number of fused-ring (bicyclic) bond motifs is 2. The number of carbonyl (C=O) groups is 2. The first-order valence-electron chi connectivity index (χ1n) is 14.5. The maximum Gasteiger partial charge on any atom is 0.416 e. The Labute approximate surface area is 269 Å². The van der Waals surface area contributed by atoms with Crippen LogP contribution < -0.4 is 21.8 Å². The standard InChI is InChI=1S/C34H26F3N5O6/c35-34(36,37)21-2-1-3-22(13-21)40-33-41-24-14-23-27(44)16-29(19-5-7-20(8-6-19)32(47)39-17-31(38)46)48-30(23)15-25(24)42(33)11-10-18-4-9-26(43)28(45)12-18/h1-9,12-16,43,45H,10-11,17H2,(H2,38,46)(H,39,47)(H,40,41). The van der Waals surface area contributed by atoms with Gasteiger partial charge in [-0.3, -0.25) is 14.4 Å². The maximum atomic E-state index is 13.4. The third kappa shape index (κ3) is 6.63. The Hall–Kier alpha value is -6.31. The van der Waals surface area contributed by atoms with Gasteiger partial charge in [0, 0.05) is 35.5 Å². The number of aromatic nitrogens is 2. The summed E-state index contributed by atoms with van der Waals surface area (Å²) >= 11 is 0. The molecule has 6 N–H and O–H groups in total. The van der Waals surface area contributed by atoms with E-state index in [2.05, 4.69) is 15.6 Å². The number of nitrogens with zero attached hydrogens (tertiary/aromatic N) is 2. The van der Waals surface area contributed by atoms with E-state index in [1.807, 2.05) is 0 Å². The van der Waals surface area contributed by atoms with Gasteiger partial charge in [-0.25, -0.2) is 4.98 Å². The van der Waals surface area contributed by atoms with Crippen LogP contribution in [0.2, 0.25) is 0 Å². The monoisotopic (exact) mass is 657 g/mol. The number of primary amides is 1. The van der Waals surface area contributed by atoms with Crippen LogP contribution in [0.4, 0.5) is 24.8 Å². The average molecular weight is 658 g/mol. The van der Waals surface area contributed by atoms with Crippen molar-refractivity contribution in [3.63, 3.8) is 0 Å². The minimum Gasteiger partial charge on any atom is -0.504 e. The summed E-state index contributed by atoms with van der Waals surface area (Å²) in [7, 11) is 0. The molecule has 2 heterocycles. The fourth-order valence-electron chi connectivity index (χ4n) is 5.16. The molecule has 0 bridgehead atoms. The quantitative estimate of drug-likeness (QED) is 0.128. The predicted octanol–water partition coefficient (Wildman–Crippen LogP) is 5.44. The van der Waals surface area contributed by atoms with Gasteiger partial charge in [0.25, 0.3) is 5.91 Å². The number of halogens is 3. The van der Waals surface area contributed by atoms with Crippen LogP contribution in [0.1, 0.15) is 21.5 Å². The third-order valence-corrected chi connectivity index (χ3v) is 7.56. The molecule has 4 aromatic carbocycles. The van der Waals surface area contributed by atoms with E-state index in [9.17, 15) is 37.8 Å². The SMILES string of the molecule is NC(=O)CNC(=O)c1ccc(-c2cc(=O)c3cc4nc(Nc5cccc(C(F)(F)F)c5)n(CCc5ccc(O)c(O)c5)c4cc3o2)cc1. The van der Waals surface area contributed by atoms with Crippen molar-refractivity contribution in [3.05, 3.63) is 112 Å². The number of anilines is 2. The molecule has 48 heavy (non-hydrogen) atoms. The van der Waals surface area contributed by atoms with Crippen molar-refractivity contribution in [3.8, 4) is 22.8 Å². The van der Waals surface area contributed by atoms with Crippen molar-refractivity contribution < 1.29 is 37.4 Å². The van der Waals surface area contributed by atoms with E-state index in [0.717, 1.165) is 12.1 Å². The molecule has 244 valence electrons. The second-order valence-electron chi connectivity index (χ2n) is 10.9. The van der Waals surface area contributed by atoms with Gasteiger partial charge in [0.1, 0.15) is 11.3 Å². The first-order valence-corrected chi connectivity index (χ1v) is 14.5. The largest absolute Gasteiger partial charge is 0.504 e. The summed E-state index contributed by atoms with van der Waals surface area (Å²) in [6.07, 6.45) is -4.23. The number of aromatic hydroxyl groups is 2. The van der Waals surface area contributed by atoms with Crippen LogP contribution in [-0.2, 0) is 23.9 Å². The number of hydrogen-bond acceptors (Lipinski definition) is 8. The molecule has 0 fully saturated rings. The van der Waals surface area contributed by atoms with Crippen LogP contribution in [0.25, 0.3) is 33.3 Å². The topological polar surface area (TPSA) is 173 Å². The fraction of sp³-hybridized carbons (Fsp3) is 0.118. The number of carbonyl (C=O) groups excluding carboxylic acids is 2. The van der Waals surface area contributed by atoms with Gasteiger partial charge in [0.15, 0.2) is 16.9 Å². The summed E-state index contributed by atoms with van der Waals surface area (Å²) in [5, 5.41) is 25.2.